The third kappa shape index (κ3) is 6.30. The quantitative estimate of drug-likeness (QED) is 0.294. The summed E-state index contributed by atoms with van der Waals surface area (Å²) in [7, 11) is -6.11. The van der Waals surface area contributed by atoms with Crippen LogP contribution in [-0.2, 0) is 20.0 Å². The molecule has 0 atom stereocenters. The zero-order valence-electron chi connectivity index (χ0n) is 22.0. The molecule has 4 aromatic rings. The van der Waals surface area contributed by atoms with Crippen LogP contribution in [0.4, 0.5) is 17.1 Å². The molecule has 0 spiro atoms. The predicted molar refractivity (Wildman–Crippen MR) is 154 cm³/mol. The van der Waals surface area contributed by atoms with Crippen molar-refractivity contribution in [3.8, 4) is 0 Å². The normalized spacial score (nSPS) is 11.6. The highest BCUT2D eigenvalue weighted by Gasteiger charge is 2.21. The number of sulfonamides is 2. The standard InChI is InChI=1S/C29H29N3O5S2/c1-20-6-15-27(16-7-20)39(36,37)32(4)25-13-9-23(10-14-25)29(33)30-24-11-17-26(18-12-24)38(34,35)31-28-19-21(2)5-8-22(28)3/h5-19,31H,1-4H3,(H,30,33). The van der Waals surface area contributed by atoms with Crippen molar-refractivity contribution in [1.82, 2.24) is 0 Å². The van der Waals surface area contributed by atoms with Crippen molar-refractivity contribution in [3.05, 3.63) is 113 Å². The van der Waals surface area contributed by atoms with E-state index in [1.807, 2.05) is 32.9 Å². The van der Waals surface area contributed by atoms with Gasteiger partial charge in [-0.3, -0.25) is 13.8 Å². The van der Waals surface area contributed by atoms with Gasteiger partial charge in [0.1, 0.15) is 0 Å². The zero-order valence-corrected chi connectivity index (χ0v) is 23.6. The highest BCUT2D eigenvalue weighted by atomic mass is 32.2. The van der Waals surface area contributed by atoms with Crippen molar-refractivity contribution in [2.24, 2.45) is 0 Å². The monoisotopic (exact) mass is 563 g/mol. The van der Waals surface area contributed by atoms with Gasteiger partial charge in [0, 0.05) is 18.3 Å². The SMILES string of the molecule is Cc1ccc(S(=O)(=O)N(C)c2ccc(C(=O)Nc3ccc(S(=O)(=O)Nc4cc(C)ccc4C)cc3)cc2)cc1. The van der Waals surface area contributed by atoms with Crippen LogP contribution in [-0.4, -0.2) is 29.8 Å². The van der Waals surface area contributed by atoms with Crippen molar-refractivity contribution >= 4 is 43.0 Å². The zero-order chi connectivity index (χ0) is 28.4. The average molecular weight is 564 g/mol. The van der Waals surface area contributed by atoms with Crippen LogP contribution >= 0.6 is 0 Å². The number of amides is 1. The number of nitrogens with zero attached hydrogens (tertiary/aromatic N) is 1. The fraction of sp³-hybridized carbons (Fsp3) is 0.138. The summed E-state index contributed by atoms with van der Waals surface area (Å²) in [4.78, 5) is 13.0. The number of carbonyl (C=O) groups is 1. The van der Waals surface area contributed by atoms with Crippen molar-refractivity contribution in [1.29, 1.82) is 0 Å². The Bertz CT molecular complexity index is 1720. The fourth-order valence-corrected chi connectivity index (χ4v) is 6.12. The van der Waals surface area contributed by atoms with E-state index < -0.39 is 26.0 Å². The molecule has 8 nitrogen and oxygen atoms in total. The maximum absolute atomic E-state index is 12.9. The van der Waals surface area contributed by atoms with E-state index in [1.165, 1.54) is 43.4 Å². The number of aryl methyl sites for hydroxylation is 3. The molecular weight excluding hydrogens is 534 g/mol. The Morgan fingerprint density at radius 1 is 0.692 bits per heavy atom. The number of nitrogens with one attached hydrogen (secondary N) is 2. The first kappa shape index (κ1) is 27.9. The van der Waals surface area contributed by atoms with Gasteiger partial charge in [0.25, 0.3) is 26.0 Å². The summed E-state index contributed by atoms with van der Waals surface area (Å²) < 4.78 is 55.3. The van der Waals surface area contributed by atoms with Crippen molar-refractivity contribution in [3.63, 3.8) is 0 Å². The molecule has 4 aromatic carbocycles. The van der Waals surface area contributed by atoms with E-state index in [2.05, 4.69) is 10.0 Å². The summed E-state index contributed by atoms with van der Waals surface area (Å²) in [5, 5.41) is 2.73. The first-order valence-electron chi connectivity index (χ1n) is 12.0. The molecule has 4 rings (SSSR count). The molecule has 10 heteroatoms. The van der Waals surface area contributed by atoms with Crippen LogP contribution in [0.25, 0.3) is 0 Å². The lowest BCUT2D eigenvalue weighted by Gasteiger charge is -2.20. The Balaban J connectivity index is 1.43. The van der Waals surface area contributed by atoms with E-state index in [1.54, 1.807) is 42.5 Å². The van der Waals surface area contributed by atoms with Crippen LogP contribution in [0.2, 0.25) is 0 Å². The van der Waals surface area contributed by atoms with Crippen LogP contribution < -0.4 is 14.3 Å². The third-order valence-electron chi connectivity index (χ3n) is 6.23. The molecule has 0 aromatic heterocycles. The van der Waals surface area contributed by atoms with Gasteiger partial charge < -0.3 is 5.32 Å². The van der Waals surface area contributed by atoms with E-state index in [0.29, 0.717) is 22.6 Å². The Labute approximate surface area is 229 Å². The second-order valence-corrected chi connectivity index (χ2v) is 12.9. The lowest BCUT2D eigenvalue weighted by Crippen LogP contribution is -2.26. The van der Waals surface area contributed by atoms with E-state index in [9.17, 15) is 21.6 Å². The van der Waals surface area contributed by atoms with Gasteiger partial charge in [0.05, 0.1) is 21.2 Å². The lowest BCUT2D eigenvalue weighted by atomic mass is 10.1. The number of rotatable bonds is 8. The van der Waals surface area contributed by atoms with Gasteiger partial charge in [0.2, 0.25) is 0 Å². The summed E-state index contributed by atoms with van der Waals surface area (Å²) in [6.07, 6.45) is 0. The van der Waals surface area contributed by atoms with Gasteiger partial charge in [-0.05, 0) is 98.6 Å². The number of hydrogen-bond donors (Lipinski definition) is 2. The van der Waals surface area contributed by atoms with E-state index in [0.717, 1.165) is 21.0 Å². The maximum Gasteiger partial charge on any atom is 0.264 e. The molecule has 0 unspecified atom stereocenters. The topological polar surface area (TPSA) is 113 Å². The van der Waals surface area contributed by atoms with Crippen molar-refractivity contribution in [2.75, 3.05) is 21.4 Å². The summed E-state index contributed by atoms with van der Waals surface area (Å²) in [5.74, 6) is -0.422. The second kappa shape index (κ2) is 10.9. The van der Waals surface area contributed by atoms with Gasteiger partial charge in [-0.1, -0.05) is 29.8 Å². The number of carbonyl (C=O) groups excluding carboxylic acids is 1. The molecule has 0 radical (unpaired) electrons. The molecule has 1 amide bonds. The second-order valence-electron chi connectivity index (χ2n) is 9.23. The molecule has 0 bridgehead atoms. The van der Waals surface area contributed by atoms with Gasteiger partial charge in [-0.15, -0.1) is 0 Å². The molecule has 0 aliphatic heterocycles. The van der Waals surface area contributed by atoms with E-state index in [4.69, 9.17) is 0 Å². The minimum atomic E-state index is -3.81. The van der Waals surface area contributed by atoms with Crippen LogP contribution in [0.5, 0.6) is 0 Å². The van der Waals surface area contributed by atoms with Gasteiger partial charge in [-0.25, -0.2) is 16.8 Å². The minimum Gasteiger partial charge on any atom is -0.322 e. The first-order chi connectivity index (χ1) is 18.4. The summed E-state index contributed by atoms with van der Waals surface area (Å²) in [5.41, 5.74) is 4.33. The van der Waals surface area contributed by atoms with Crippen LogP contribution in [0.15, 0.2) is 101 Å². The van der Waals surface area contributed by atoms with Crippen LogP contribution in [0.3, 0.4) is 0 Å². The Morgan fingerprint density at radius 2 is 1.26 bits per heavy atom. The van der Waals surface area contributed by atoms with Crippen molar-refractivity contribution < 1.29 is 21.6 Å². The molecule has 0 saturated heterocycles. The molecular formula is C29H29N3O5S2. The smallest absolute Gasteiger partial charge is 0.264 e. The maximum atomic E-state index is 12.9. The number of benzene rings is 4. The molecule has 0 saturated carbocycles. The molecule has 0 fully saturated rings. The third-order valence-corrected chi connectivity index (χ3v) is 9.41. The molecule has 202 valence electrons. The summed E-state index contributed by atoms with van der Waals surface area (Å²) in [6, 6.07) is 24.1. The Morgan fingerprint density at radius 3 is 1.87 bits per heavy atom. The Kier molecular flexibility index (Phi) is 7.80. The first-order valence-corrected chi connectivity index (χ1v) is 15.0. The fourth-order valence-electron chi connectivity index (χ4n) is 3.80. The molecule has 39 heavy (non-hydrogen) atoms. The van der Waals surface area contributed by atoms with E-state index in [-0.39, 0.29) is 9.79 Å². The number of hydrogen-bond acceptors (Lipinski definition) is 5. The highest BCUT2D eigenvalue weighted by Crippen LogP contribution is 2.24. The number of anilines is 3. The minimum absolute atomic E-state index is 0.0589. The highest BCUT2D eigenvalue weighted by molar-refractivity contribution is 7.93. The molecule has 0 heterocycles. The van der Waals surface area contributed by atoms with Gasteiger partial charge in [-0.2, -0.15) is 0 Å². The predicted octanol–water partition coefficient (Wildman–Crippen LogP) is 5.49. The van der Waals surface area contributed by atoms with Crippen LogP contribution in [0, 0.1) is 20.8 Å². The van der Waals surface area contributed by atoms with E-state index >= 15 is 0 Å². The van der Waals surface area contributed by atoms with Gasteiger partial charge >= 0.3 is 0 Å². The molecule has 0 aliphatic carbocycles. The molecule has 2 N–H and O–H groups in total. The molecule has 0 aliphatic rings. The van der Waals surface area contributed by atoms with Gasteiger partial charge in [0.15, 0.2) is 0 Å². The summed E-state index contributed by atoms with van der Waals surface area (Å²) in [6.45, 7) is 5.59. The largest absolute Gasteiger partial charge is 0.322 e. The van der Waals surface area contributed by atoms with Crippen molar-refractivity contribution in [2.45, 2.75) is 30.6 Å². The Hall–Kier alpha value is -4.15. The lowest BCUT2D eigenvalue weighted by molar-refractivity contribution is 0.102. The average Bonchev–Trinajstić information content (AvgIpc) is 2.91. The summed E-state index contributed by atoms with van der Waals surface area (Å²) >= 11 is 0. The van der Waals surface area contributed by atoms with Crippen LogP contribution in [0.1, 0.15) is 27.0 Å².